The van der Waals surface area contributed by atoms with Gasteiger partial charge in [0.15, 0.2) is 5.65 Å². The maximum atomic E-state index is 4.33. The Morgan fingerprint density at radius 3 is 3.19 bits per heavy atom. The number of H-pyrrole nitrogens is 1. The molecular formula is C16H15N5. The van der Waals surface area contributed by atoms with Gasteiger partial charge in [-0.05, 0) is 35.3 Å². The van der Waals surface area contributed by atoms with E-state index in [1.165, 1.54) is 6.42 Å². The van der Waals surface area contributed by atoms with Crippen LogP contribution < -0.4 is 5.32 Å². The maximum Gasteiger partial charge on any atom is 0.160 e. The highest BCUT2D eigenvalue weighted by Crippen LogP contribution is 2.61. The molecule has 5 nitrogen and oxygen atoms in total. The van der Waals surface area contributed by atoms with E-state index in [2.05, 4.69) is 49.7 Å². The standard InChI is InChI=1S/C16H15N5/c1-2-4-10-9(3-1)5-11-12(14(10)11)6-17-15-13-7-20-21-16(13)19-8-18-15/h1-4,7-8,11-12,14H,5-6H2,(H2,17,18,19,20,21). The third-order valence-electron chi connectivity index (χ3n) is 4.95. The van der Waals surface area contributed by atoms with Crippen molar-refractivity contribution in [1.82, 2.24) is 20.2 Å². The van der Waals surface area contributed by atoms with E-state index in [4.69, 9.17) is 0 Å². The highest BCUT2D eigenvalue weighted by molar-refractivity contribution is 5.85. The molecule has 2 heterocycles. The highest BCUT2D eigenvalue weighted by Gasteiger charge is 2.54. The first kappa shape index (κ1) is 11.3. The Morgan fingerprint density at radius 2 is 2.19 bits per heavy atom. The van der Waals surface area contributed by atoms with Gasteiger partial charge in [-0.2, -0.15) is 5.10 Å². The number of fused-ring (bicyclic) bond motifs is 4. The van der Waals surface area contributed by atoms with Crippen LogP contribution >= 0.6 is 0 Å². The molecule has 2 aliphatic rings. The molecule has 2 N–H and O–H groups in total. The van der Waals surface area contributed by atoms with Gasteiger partial charge in [-0.25, -0.2) is 9.97 Å². The number of benzene rings is 1. The molecular weight excluding hydrogens is 262 g/mol. The van der Waals surface area contributed by atoms with Gasteiger partial charge in [-0.3, -0.25) is 5.10 Å². The predicted octanol–water partition coefficient (Wildman–Crippen LogP) is 2.35. The normalized spacial score (nSPS) is 25.6. The summed E-state index contributed by atoms with van der Waals surface area (Å²) in [6, 6.07) is 8.86. The average Bonchev–Trinajstić information content (AvgIpc) is 2.91. The molecule has 0 radical (unpaired) electrons. The number of nitrogens with one attached hydrogen (secondary N) is 2. The molecule has 0 amide bonds. The molecule has 1 saturated carbocycles. The van der Waals surface area contributed by atoms with Crippen LogP contribution in [-0.2, 0) is 6.42 Å². The molecule has 2 aromatic heterocycles. The van der Waals surface area contributed by atoms with E-state index in [1.807, 2.05) is 0 Å². The van der Waals surface area contributed by atoms with Crippen molar-refractivity contribution in [2.75, 3.05) is 11.9 Å². The fourth-order valence-electron chi connectivity index (χ4n) is 3.88. The molecule has 0 spiro atoms. The Bertz CT molecular complexity index is 824. The van der Waals surface area contributed by atoms with Gasteiger partial charge in [0.25, 0.3) is 0 Å². The Labute approximate surface area is 121 Å². The monoisotopic (exact) mass is 277 g/mol. The molecule has 21 heavy (non-hydrogen) atoms. The predicted molar refractivity (Wildman–Crippen MR) is 80.0 cm³/mol. The van der Waals surface area contributed by atoms with Crippen molar-refractivity contribution in [3.05, 3.63) is 47.9 Å². The minimum absolute atomic E-state index is 0.733. The Morgan fingerprint density at radius 1 is 1.24 bits per heavy atom. The summed E-state index contributed by atoms with van der Waals surface area (Å²) >= 11 is 0. The quantitative estimate of drug-likeness (QED) is 0.771. The zero-order chi connectivity index (χ0) is 13.8. The van der Waals surface area contributed by atoms with Crippen molar-refractivity contribution in [2.45, 2.75) is 12.3 Å². The van der Waals surface area contributed by atoms with Crippen LogP contribution in [0, 0.1) is 11.8 Å². The summed E-state index contributed by atoms with van der Waals surface area (Å²) in [5.41, 5.74) is 3.89. The smallest absolute Gasteiger partial charge is 0.160 e. The van der Waals surface area contributed by atoms with Gasteiger partial charge in [0.1, 0.15) is 12.1 Å². The maximum absolute atomic E-state index is 4.33. The van der Waals surface area contributed by atoms with Crippen molar-refractivity contribution in [3.8, 4) is 0 Å². The van der Waals surface area contributed by atoms with Crippen LogP contribution in [-0.4, -0.2) is 26.7 Å². The van der Waals surface area contributed by atoms with Gasteiger partial charge in [0.2, 0.25) is 0 Å². The molecule has 1 aromatic carbocycles. The van der Waals surface area contributed by atoms with Crippen molar-refractivity contribution >= 4 is 16.9 Å². The molecule has 104 valence electrons. The third-order valence-corrected chi connectivity index (χ3v) is 4.95. The van der Waals surface area contributed by atoms with Gasteiger partial charge >= 0.3 is 0 Å². The summed E-state index contributed by atoms with van der Waals surface area (Å²) in [6.07, 6.45) is 4.59. The van der Waals surface area contributed by atoms with Gasteiger partial charge < -0.3 is 5.32 Å². The lowest BCUT2D eigenvalue weighted by Crippen LogP contribution is -2.09. The highest BCUT2D eigenvalue weighted by atomic mass is 15.2. The van der Waals surface area contributed by atoms with E-state index in [-0.39, 0.29) is 0 Å². The number of anilines is 1. The van der Waals surface area contributed by atoms with Gasteiger partial charge in [0, 0.05) is 6.54 Å². The number of aromatic nitrogens is 4. The van der Waals surface area contributed by atoms with Crippen LogP contribution in [0.15, 0.2) is 36.8 Å². The van der Waals surface area contributed by atoms with Crippen LogP contribution in [0.1, 0.15) is 17.0 Å². The second-order valence-corrected chi connectivity index (χ2v) is 5.99. The van der Waals surface area contributed by atoms with Gasteiger partial charge in [-0.1, -0.05) is 24.3 Å². The lowest BCUT2D eigenvalue weighted by molar-refractivity contribution is 0.718. The summed E-state index contributed by atoms with van der Waals surface area (Å²) in [5.74, 6) is 3.18. The first-order chi connectivity index (χ1) is 10.4. The lowest BCUT2D eigenvalue weighted by atomic mass is 10.0. The minimum atomic E-state index is 0.733. The minimum Gasteiger partial charge on any atom is -0.369 e. The molecule has 0 aliphatic heterocycles. The molecule has 0 bridgehead atoms. The van der Waals surface area contributed by atoms with Crippen molar-refractivity contribution in [1.29, 1.82) is 0 Å². The van der Waals surface area contributed by atoms with Crippen LogP contribution in [0.5, 0.6) is 0 Å². The van der Waals surface area contributed by atoms with Crippen LogP contribution in [0.3, 0.4) is 0 Å². The second-order valence-electron chi connectivity index (χ2n) is 5.99. The summed E-state index contributed by atoms with van der Waals surface area (Å²) in [7, 11) is 0. The zero-order valence-corrected chi connectivity index (χ0v) is 11.5. The zero-order valence-electron chi connectivity index (χ0n) is 11.5. The molecule has 5 rings (SSSR count). The third kappa shape index (κ3) is 1.60. The van der Waals surface area contributed by atoms with Crippen molar-refractivity contribution in [2.24, 2.45) is 11.8 Å². The van der Waals surface area contributed by atoms with E-state index in [0.717, 1.165) is 41.1 Å². The first-order valence-electron chi connectivity index (χ1n) is 7.37. The number of rotatable bonds is 3. The number of hydrogen-bond donors (Lipinski definition) is 2. The fraction of sp³-hybridized carbons (Fsp3) is 0.312. The van der Waals surface area contributed by atoms with Gasteiger partial charge in [-0.15, -0.1) is 0 Å². The lowest BCUT2D eigenvalue weighted by Gasteiger charge is -2.09. The number of nitrogens with zero attached hydrogens (tertiary/aromatic N) is 3. The summed E-state index contributed by atoms with van der Waals surface area (Å²) < 4.78 is 0. The van der Waals surface area contributed by atoms with E-state index < -0.39 is 0 Å². The van der Waals surface area contributed by atoms with E-state index in [0.29, 0.717) is 0 Å². The Kier molecular flexibility index (Phi) is 2.16. The largest absolute Gasteiger partial charge is 0.369 e. The van der Waals surface area contributed by atoms with E-state index in [9.17, 15) is 0 Å². The van der Waals surface area contributed by atoms with Gasteiger partial charge in [0.05, 0.1) is 11.6 Å². The van der Waals surface area contributed by atoms with Crippen LogP contribution in [0.25, 0.3) is 11.0 Å². The fourth-order valence-corrected chi connectivity index (χ4v) is 3.88. The molecule has 3 atom stereocenters. The molecule has 0 saturated heterocycles. The molecule has 5 heteroatoms. The van der Waals surface area contributed by atoms with Crippen LogP contribution in [0.2, 0.25) is 0 Å². The first-order valence-corrected chi connectivity index (χ1v) is 7.37. The van der Waals surface area contributed by atoms with E-state index >= 15 is 0 Å². The SMILES string of the molecule is c1ccc2c(c1)CC1C(CNc3ncnc4[nH]ncc34)C21. The molecule has 3 unspecified atom stereocenters. The molecule has 1 fully saturated rings. The number of hydrogen-bond acceptors (Lipinski definition) is 4. The summed E-state index contributed by atoms with van der Waals surface area (Å²) in [5, 5.41) is 11.3. The molecule has 3 aromatic rings. The number of aromatic amines is 1. The summed E-state index contributed by atoms with van der Waals surface area (Å²) in [4.78, 5) is 8.50. The average molecular weight is 277 g/mol. The van der Waals surface area contributed by atoms with E-state index in [1.54, 1.807) is 23.7 Å². The Hall–Kier alpha value is -2.43. The van der Waals surface area contributed by atoms with Crippen molar-refractivity contribution < 1.29 is 0 Å². The Balaban J connectivity index is 1.34. The summed E-state index contributed by atoms with van der Waals surface area (Å²) in [6.45, 7) is 0.973. The topological polar surface area (TPSA) is 66.5 Å². The second kappa shape index (κ2) is 4.04. The van der Waals surface area contributed by atoms with Crippen molar-refractivity contribution in [3.63, 3.8) is 0 Å². The van der Waals surface area contributed by atoms with Crippen LogP contribution in [0.4, 0.5) is 5.82 Å². The molecule has 2 aliphatic carbocycles.